The highest BCUT2D eigenvalue weighted by molar-refractivity contribution is 6.22. The lowest BCUT2D eigenvalue weighted by Gasteiger charge is -2.43. The van der Waals surface area contributed by atoms with E-state index in [4.69, 9.17) is 9.97 Å². The van der Waals surface area contributed by atoms with Gasteiger partial charge in [0.1, 0.15) is 5.82 Å². The van der Waals surface area contributed by atoms with Crippen molar-refractivity contribution in [2.24, 2.45) is 0 Å². The van der Waals surface area contributed by atoms with E-state index < -0.39 is 23.8 Å². The van der Waals surface area contributed by atoms with Crippen LogP contribution in [0.15, 0.2) is 54.7 Å². The first kappa shape index (κ1) is 27.7. The predicted molar refractivity (Wildman–Crippen MR) is 164 cm³/mol. The van der Waals surface area contributed by atoms with E-state index in [1.165, 1.54) is 0 Å². The van der Waals surface area contributed by atoms with Gasteiger partial charge in [-0.3, -0.25) is 33.9 Å². The van der Waals surface area contributed by atoms with Gasteiger partial charge in [0.25, 0.3) is 11.8 Å². The minimum Gasteiger partial charge on any atom is -0.356 e. The molecule has 6 heterocycles. The molecular weight excluding hydrogens is 574 g/mol. The Morgan fingerprint density at radius 2 is 1.58 bits per heavy atom. The van der Waals surface area contributed by atoms with Crippen LogP contribution < -0.4 is 10.2 Å². The Morgan fingerprint density at radius 1 is 0.800 bits per heavy atom. The molecule has 230 valence electrons. The van der Waals surface area contributed by atoms with Crippen LogP contribution in [0.5, 0.6) is 0 Å². The van der Waals surface area contributed by atoms with E-state index in [9.17, 15) is 19.2 Å². The maximum Gasteiger partial charge on any atom is 0.343 e. The number of carbonyl (C=O) groups is 4. The number of carbonyl (C=O) groups excluding carboxylic acids is 4. The molecule has 1 N–H and O–H groups in total. The van der Waals surface area contributed by atoms with Crippen LogP contribution in [0.4, 0.5) is 10.6 Å². The SMILES string of the molecule is O=C1CCN(N2C(=O)c3ccc(CN4CCN(C5CCN(c6ccn7c(n6)nc6ccccc67)CC5)CC4)cc3C2=O)C(=O)N1. The first-order chi connectivity index (χ1) is 21.9. The smallest absolute Gasteiger partial charge is 0.343 e. The molecular formula is C32H33N9O4. The van der Waals surface area contributed by atoms with Crippen LogP contribution in [0.3, 0.4) is 0 Å². The summed E-state index contributed by atoms with van der Waals surface area (Å²) >= 11 is 0. The van der Waals surface area contributed by atoms with Gasteiger partial charge in [-0.25, -0.2) is 14.8 Å². The molecule has 2 aromatic carbocycles. The number of hydrogen-bond donors (Lipinski definition) is 1. The molecule has 0 spiro atoms. The van der Waals surface area contributed by atoms with Crippen molar-refractivity contribution in [2.45, 2.75) is 31.8 Å². The number of benzene rings is 2. The van der Waals surface area contributed by atoms with Crippen LogP contribution in [-0.4, -0.2) is 110 Å². The minimum atomic E-state index is -0.759. The number of amides is 5. The van der Waals surface area contributed by atoms with Crippen molar-refractivity contribution in [3.63, 3.8) is 0 Å². The van der Waals surface area contributed by atoms with Gasteiger partial charge in [0.05, 0.1) is 28.7 Å². The molecule has 0 atom stereocenters. The molecule has 0 aliphatic carbocycles. The molecule has 13 nitrogen and oxygen atoms in total. The van der Waals surface area contributed by atoms with Gasteiger partial charge in [0.15, 0.2) is 0 Å². The van der Waals surface area contributed by atoms with Crippen molar-refractivity contribution < 1.29 is 19.2 Å². The lowest BCUT2D eigenvalue weighted by molar-refractivity contribution is -0.122. The highest BCUT2D eigenvalue weighted by Crippen LogP contribution is 2.28. The fourth-order valence-corrected chi connectivity index (χ4v) is 7.06. The number of fused-ring (bicyclic) bond motifs is 4. The third-order valence-electron chi connectivity index (χ3n) is 9.48. The Balaban J connectivity index is 0.854. The number of aromatic nitrogens is 3. The number of piperazine rings is 1. The summed E-state index contributed by atoms with van der Waals surface area (Å²) in [5, 5.41) is 4.04. The van der Waals surface area contributed by atoms with E-state index in [1.54, 1.807) is 12.1 Å². The van der Waals surface area contributed by atoms with Crippen molar-refractivity contribution in [2.75, 3.05) is 50.7 Å². The molecule has 0 radical (unpaired) electrons. The normalized spacial score (nSPS) is 20.5. The number of anilines is 1. The summed E-state index contributed by atoms with van der Waals surface area (Å²) in [4.78, 5) is 66.9. The van der Waals surface area contributed by atoms with Gasteiger partial charge < -0.3 is 4.90 Å². The maximum atomic E-state index is 13.2. The van der Waals surface area contributed by atoms with Crippen LogP contribution >= 0.6 is 0 Å². The van der Waals surface area contributed by atoms with Crippen LogP contribution in [0, 0.1) is 0 Å². The predicted octanol–water partition coefficient (Wildman–Crippen LogP) is 2.12. The zero-order chi connectivity index (χ0) is 30.7. The number of piperidine rings is 1. The molecule has 8 rings (SSSR count). The van der Waals surface area contributed by atoms with E-state index in [1.807, 2.05) is 28.7 Å². The fourth-order valence-electron chi connectivity index (χ4n) is 7.06. The van der Waals surface area contributed by atoms with Gasteiger partial charge in [0.2, 0.25) is 11.7 Å². The third-order valence-corrected chi connectivity index (χ3v) is 9.48. The van der Waals surface area contributed by atoms with Crippen molar-refractivity contribution >= 4 is 46.4 Å². The van der Waals surface area contributed by atoms with Crippen LogP contribution in [0.1, 0.15) is 45.5 Å². The Kier molecular flexibility index (Phi) is 6.72. The highest BCUT2D eigenvalue weighted by Gasteiger charge is 2.43. The lowest BCUT2D eigenvalue weighted by atomic mass is 10.0. The maximum absolute atomic E-state index is 13.2. The molecule has 0 bridgehead atoms. The summed E-state index contributed by atoms with van der Waals surface area (Å²) in [6, 6.07) is 15.3. The minimum absolute atomic E-state index is 0.0121. The van der Waals surface area contributed by atoms with Crippen molar-refractivity contribution in [1.29, 1.82) is 0 Å². The third kappa shape index (κ3) is 4.88. The molecule has 13 heteroatoms. The molecule has 5 amide bonds. The Labute approximate surface area is 259 Å². The summed E-state index contributed by atoms with van der Waals surface area (Å²) in [6.07, 6.45) is 4.28. The Bertz CT molecular complexity index is 1860. The number of urea groups is 1. The second-order valence-electron chi connectivity index (χ2n) is 12.1. The average molecular weight is 608 g/mol. The molecule has 3 fully saturated rings. The van der Waals surface area contributed by atoms with Gasteiger partial charge in [0, 0.05) is 64.5 Å². The number of nitrogens with one attached hydrogen (secondary N) is 1. The first-order valence-corrected chi connectivity index (χ1v) is 15.5. The summed E-state index contributed by atoms with van der Waals surface area (Å²) in [7, 11) is 0. The number of hydrogen-bond acceptors (Lipinski definition) is 9. The van der Waals surface area contributed by atoms with Crippen molar-refractivity contribution in [1.82, 2.24) is 39.5 Å². The van der Waals surface area contributed by atoms with Gasteiger partial charge in [-0.05, 0) is 48.7 Å². The number of hydrazine groups is 1. The van der Waals surface area contributed by atoms with Crippen LogP contribution in [0.25, 0.3) is 16.8 Å². The number of imide groups is 2. The van der Waals surface area contributed by atoms with Crippen molar-refractivity contribution in [3.8, 4) is 0 Å². The summed E-state index contributed by atoms with van der Waals surface area (Å²) in [5.74, 6) is 0.210. The molecule has 4 aromatic rings. The zero-order valence-electron chi connectivity index (χ0n) is 24.8. The first-order valence-electron chi connectivity index (χ1n) is 15.5. The monoisotopic (exact) mass is 607 g/mol. The van der Waals surface area contributed by atoms with E-state index in [-0.39, 0.29) is 18.5 Å². The average Bonchev–Trinajstić information content (AvgIpc) is 3.55. The lowest BCUT2D eigenvalue weighted by Crippen LogP contribution is -2.58. The molecule has 2 aromatic heterocycles. The van der Waals surface area contributed by atoms with Crippen LogP contribution in [0.2, 0.25) is 0 Å². The molecule has 4 aliphatic heterocycles. The Hall–Kier alpha value is -4.88. The van der Waals surface area contributed by atoms with E-state index >= 15 is 0 Å². The number of nitrogens with zero attached hydrogens (tertiary/aromatic N) is 8. The molecule has 0 unspecified atom stereocenters. The van der Waals surface area contributed by atoms with Crippen molar-refractivity contribution in [3.05, 3.63) is 71.4 Å². The summed E-state index contributed by atoms with van der Waals surface area (Å²) in [5.41, 5.74) is 3.54. The largest absolute Gasteiger partial charge is 0.356 e. The van der Waals surface area contributed by atoms with Crippen LogP contribution in [-0.2, 0) is 11.3 Å². The summed E-state index contributed by atoms with van der Waals surface area (Å²) in [6.45, 7) is 6.39. The van der Waals surface area contributed by atoms with E-state index in [0.29, 0.717) is 18.2 Å². The number of rotatable bonds is 5. The highest BCUT2D eigenvalue weighted by atomic mass is 16.2. The van der Waals surface area contributed by atoms with Gasteiger partial charge in [-0.2, -0.15) is 9.99 Å². The molecule has 3 saturated heterocycles. The fraction of sp³-hybridized carbons (Fsp3) is 0.375. The Morgan fingerprint density at radius 3 is 2.38 bits per heavy atom. The molecule has 4 aliphatic rings. The summed E-state index contributed by atoms with van der Waals surface area (Å²) < 4.78 is 2.04. The second kappa shape index (κ2) is 10.9. The van der Waals surface area contributed by atoms with Gasteiger partial charge >= 0.3 is 6.03 Å². The zero-order valence-corrected chi connectivity index (χ0v) is 24.8. The standard InChI is InChI=1S/C32H33N9O4/c42-28-10-14-40(32(45)35-28)41-29(43)23-6-5-21(19-24(23)30(41)44)20-36-15-17-37(18-16-36)22-7-11-38(12-8-22)27-9-13-39-26-4-2-1-3-25(26)33-31(39)34-27/h1-6,9,13,19,22H,7-8,10-12,14-18,20H2,(H,35,42,45). The van der Waals surface area contributed by atoms with E-state index in [0.717, 1.165) is 90.3 Å². The van der Waals surface area contributed by atoms with E-state index in [2.05, 4.69) is 38.3 Å². The molecule has 0 saturated carbocycles. The number of para-hydroxylation sites is 2. The molecule has 45 heavy (non-hydrogen) atoms. The quantitative estimate of drug-likeness (QED) is 0.340. The van der Waals surface area contributed by atoms with Gasteiger partial charge in [-0.15, -0.1) is 0 Å². The second-order valence-corrected chi connectivity index (χ2v) is 12.1. The topological polar surface area (TPSA) is 127 Å². The number of imidazole rings is 1. The van der Waals surface area contributed by atoms with Gasteiger partial charge in [-0.1, -0.05) is 18.2 Å².